The van der Waals surface area contributed by atoms with Gasteiger partial charge in [-0.25, -0.2) is 0 Å². The van der Waals surface area contributed by atoms with Crippen molar-refractivity contribution in [1.29, 1.82) is 0 Å². The number of carbonyl (C=O) groups is 1. The maximum absolute atomic E-state index is 11.6. The van der Waals surface area contributed by atoms with Crippen LogP contribution in [0.25, 0.3) is 0 Å². The highest BCUT2D eigenvalue weighted by Gasteiger charge is 2.04. The Morgan fingerprint density at radius 2 is 2.38 bits per heavy atom. The monoisotopic (exact) mass is 234 g/mol. The summed E-state index contributed by atoms with van der Waals surface area (Å²) in [7, 11) is 1.97. The molecule has 16 heavy (non-hydrogen) atoms. The van der Waals surface area contributed by atoms with Crippen molar-refractivity contribution in [3.63, 3.8) is 0 Å². The minimum atomic E-state index is 0.0753. The lowest BCUT2D eigenvalue weighted by atomic mass is 10.3. The van der Waals surface area contributed by atoms with E-state index in [1.807, 2.05) is 47.6 Å². The fourth-order valence-electron chi connectivity index (χ4n) is 1.50. The number of hydrogen-bond donors (Lipinski definition) is 1. The Morgan fingerprint density at radius 3 is 3.00 bits per heavy atom. The highest BCUT2D eigenvalue weighted by Crippen LogP contribution is 2.09. The van der Waals surface area contributed by atoms with E-state index in [1.54, 1.807) is 11.3 Å². The van der Waals surface area contributed by atoms with Crippen molar-refractivity contribution in [2.24, 2.45) is 7.05 Å². The van der Waals surface area contributed by atoms with E-state index in [4.69, 9.17) is 0 Å². The topological polar surface area (TPSA) is 34.0 Å². The molecule has 2 heterocycles. The van der Waals surface area contributed by atoms with Crippen LogP contribution in [0.15, 0.2) is 36.0 Å². The van der Waals surface area contributed by atoms with Crippen LogP contribution in [0.2, 0.25) is 0 Å². The summed E-state index contributed by atoms with van der Waals surface area (Å²) in [5, 5.41) is 4.89. The Balaban J connectivity index is 1.80. The summed E-state index contributed by atoms with van der Waals surface area (Å²) in [5.74, 6) is 0.0753. The van der Waals surface area contributed by atoms with Gasteiger partial charge in [-0.05, 0) is 23.1 Å². The van der Waals surface area contributed by atoms with Crippen LogP contribution in [0, 0.1) is 0 Å². The molecule has 0 fully saturated rings. The van der Waals surface area contributed by atoms with Gasteiger partial charge < -0.3 is 9.88 Å². The van der Waals surface area contributed by atoms with Gasteiger partial charge in [-0.3, -0.25) is 4.79 Å². The number of carbonyl (C=O) groups excluding carboxylic acids is 1. The van der Waals surface area contributed by atoms with E-state index in [1.165, 1.54) is 0 Å². The molecule has 0 aliphatic carbocycles. The van der Waals surface area contributed by atoms with Crippen LogP contribution in [0.1, 0.15) is 10.4 Å². The highest BCUT2D eigenvalue weighted by atomic mass is 32.1. The molecule has 0 bridgehead atoms. The zero-order valence-corrected chi connectivity index (χ0v) is 9.96. The van der Waals surface area contributed by atoms with Gasteiger partial charge in [-0.15, -0.1) is 11.3 Å². The van der Waals surface area contributed by atoms with E-state index >= 15 is 0 Å². The second-order valence-corrected chi connectivity index (χ2v) is 4.75. The normalized spacial score (nSPS) is 10.3. The van der Waals surface area contributed by atoms with E-state index in [0.29, 0.717) is 13.0 Å². The maximum atomic E-state index is 11.6. The minimum absolute atomic E-state index is 0.0753. The number of thiophene rings is 1. The van der Waals surface area contributed by atoms with Gasteiger partial charge >= 0.3 is 0 Å². The molecular weight excluding hydrogens is 220 g/mol. The molecule has 0 atom stereocenters. The van der Waals surface area contributed by atoms with Crippen LogP contribution in [0.5, 0.6) is 0 Å². The van der Waals surface area contributed by atoms with Crippen LogP contribution in [-0.2, 0) is 24.8 Å². The number of aromatic nitrogens is 1. The third-order valence-electron chi connectivity index (χ3n) is 2.30. The summed E-state index contributed by atoms with van der Waals surface area (Å²) in [6, 6.07) is 5.95. The summed E-state index contributed by atoms with van der Waals surface area (Å²) >= 11 is 1.61. The van der Waals surface area contributed by atoms with Crippen molar-refractivity contribution in [2.45, 2.75) is 13.0 Å². The molecule has 1 amide bonds. The number of aryl methyl sites for hydroxylation is 1. The van der Waals surface area contributed by atoms with Gasteiger partial charge in [0.25, 0.3) is 0 Å². The van der Waals surface area contributed by atoms with Crippen LogP contribution in [0.4, 0.5) is 0 Å². The van der Waals surface area contributed by atoms with Crippen LogP contribution < -0.4 is 5.32 Å². The Morgan fingerprint density at radius 1 is 1.50 bits per heavy atom. The number of amides is 1. The first-order valence-corrected chi connectivity index (χ1v) is 6.02. The van der Waals surface area contributed by atoms with Gasteiger partial charge in [0.1, 0.15) is 0 Å². The number of nitrogens with zero attached hydrogens (tertiary/aromatic N) is 1. The lowest BCUT2D eigenvalue weighted by molar-refractivity contribution is -0.120. The van der Waals surface area contributed by atoms with Gasteiger partial charge in [-0.2, -0.15) is 0 Å². The van der Waals surface area contributed by atoms with E-state index in [2.05, 4.69) is 5.32 Å². The lowest BCUT2D eigenvalue weighted by Gasteiger charge is -2.02. The van der Waals surface area contributed by atoms with Crippen molar-refractivity contribution in [3.05, 3.63) is 46.4 Å². The van der Waals surface area contributed by atoms with E-state index < -0.39 is 0 Å². The molecule has 0 saturated carbocycles. The largest absolute Gasteiger partial charge is 0.357 e. The molecule has 0 saturated heterocycles. The Labute approximate surface area is 98.7 Å². The van der Waals surface area contributed by atoms with Gasteiger partial charge in [0.05, 0.1) is 6.42 Å². The van der Waals surface area contributed by atoms with Gasteiger partial charge in [0, 0.05) is 30.9 Å². The SMILES string of the molecule is Cn1ccc(CNC(=O)Cc2cccs2)c1. The van der Waals surface area contributed by atoms with Crippen molar-refractivity contribution in [3.8, 4) is 0 Å². The molecule has 84 valence electrons. The Kier molecular flexibility index (Phi) is 3.41. The van der Waals surface area contributed by atoms with E-state index in [0.717, 1.165) is 10.4 Å². The zero-order valence-electron chi connectivity index (χ0n) is 9.14. The Bertz CT molecular complexity index is 459. The number of nitrogens with one attached hydrogen (secondary N) is 1. The zero-order chi connectivity index (χ0) is 11.4. The molecule has 0 radical (unpaired) electrons. The molecular formula is C12H14N2OS. The Hall–Kier alpha value is -1.55. The van der Waals surface area contributed by atoms with E-state index in [-0.39, 0.29) is 5.91 Å². The van der Waals surface area contributed by atoms with Crippen LogP contribution in [-0.4, -0.2) is 10.5 Å². The fourth-order valence-corrected chi connectivity index (χ4v) is 2.20. The third-order valence-corrected chi connectivity index (χ3v) is 3.17. The predicted octanol–water partition coefficient (Wildman–Crippen LogP) is 1.95. The summed E-state index contributed by atoms with van der Waals surface area (Å²) in [5.41, 5.74) is 1.13. The van der Waals surface area contributed by atoms with Crippen molar-refractivity contribution < 1.29 is 4.79 Å². The molecule has 0 aromatic carbocycles. The van der Waals surface area contributed by atoms with Crippen molar-refractivity contribution in [1.82, 2.24) is 9.88 Å². The van der Waals surface area contributed by atoms with Gasteiger partial charge in [0.15, 0.2) is 0 Å². The minimum Gasteiger partial charge on any atom is -0.357 e. The summed E-state index contributed by atoms with van der Waals surface area (Å²) in [4.78, 5) is 12.7. The molecule has 2 aromatic rings. The van der Waals surface area contributed by atoms with Crippen LogP contribution in [0.3, 0.4) is 0 Å². The highest BCUT2D eigenvalue weighted by molar-refractivity contribution is 7.10. The van der Waals surface area contributed by atoms with Crippen molar-refractivity contribution >= 4 is 17.2 Å². The van der Waals surface area contributed by atoms with Gasteiger partial charge in [-0.1, -0.05) is 6.07 Å². The second kappa shape index (κ2) is 4.99. The molecule has 4 heteroatoms. The van der Waals surface area contributed by atoms with Gasteiger partial charge in [0.2, 0.25) is 5.91 Å². The first-order valence-electron chi connectivity index (χ1n) is 5.14. The fraction of sp³-hybridized carbons (Fsp3) is 0.250. The smallest absolute Gasteiger partial charge is 0.225 e. The average molecular weight is 234 g/mol. The lowest BCUT2D eigenvalue weighted by Crippen LogP contribution is -2.23. The van der Waals surface area contributed by atoms with Crippen LogP contribution >= 0.6 is 11.3 Å². The molecule has 2 rings (SSSR count). The average Bonchev–Trinajstić information content (AvgIpc) is 2.87. The van der Waals surface area contributed by atoms with E-state index in [9.17, 15) is 4.79 Å². The molecule has 1 N–H and O–H groups in total. The maximum Gasteiger partial charge on any atom is 0.225 e. The first kappa shape index (κ1) is 11.0. The van der Waals surface area contributed by atoms with Crippen molar-refractivity contribution in [2.75, 3.05) is 0 Å². The number of hydrogen-bond acceptors (Lipinski definition) is 2. The third kappa shape index (κ3) is 2.97. The first-order chi connectivity index (χ1) is 7.74. The standard InChI is InChI=1S/C12H14N2OS/c1-14-5-4-10(9-14)8-13-12(15)7-11-3-2-6-16-11/h2-6,9H,7-8H2,1H3,(H,13,15). The molecule has 2 aromatic heterocycles. The molecule has 0 unspecified atom stereocenters. The summed E-state index contributed by atoms with van der Waals surface area (Å²) in [6.07, 6.45) is 4.46. The molecule has 0 aliphatic rings. The number of rotatable bonds is 4. The molecule has 0 spiro atoms. The second-order valence-electron chi connectivity index (χ2n) is 3.72. The molecule has 0 aliphatic heterocycles. The summed E-state index contributed by atoms with van der Waals surface area (Å²) < 4.78 is 1.97. The predicted molar refractivity (Wildman–Crippen MR) is 65.3 cm³/mol. The quantitative estimate of drug-likeness (QED) is 0.862. The molecule has 3 nitrogen and oxygen atoms in total. The summed E-state index contributed by atoms with van der Waals surface area (Å²) in [6.45, 7) is 0.602.